The van der Waals surface area contributed by atoms with Crippen LogP contribution in [0.25, 0.3) is 0 Å². The van der Waals surface area contributed by atoms with Gasteiger partial charge in [0.15, 0.2) is 0 Å². The third-order valence-corrected chi connectivity index (χ3v) is 10.7. The highest BCUT2D eigenvalue weighted by molar-refractivity contribution is 5.87. The highest BCUT2D eigenvalue weighted by atomic mass is 16.4. The molecule has 2 aromatic rings. The summed E-state index contributed by atoms with van der Waals surface area (Å²) in [4.78, 5) is 14.2. The van der Waals surface area contributed by atoms with Crippen LogP contribution in [-0.2, 0) is 5.41 Å². The van der Waals surface area contributed by atoms with Crippen molar-refractivity contribution in [3.63, 3.8) is 0 Å². The fraction of sp³-hybridized carbons (Fsp3) is 0.594. The van der Waals surface area contributed by atoms with Crippen LogP contribution >= 0.6 is 0 Å². The summed E-state index contributed by atoms with van der Waals surface area (Å²) < 4.78 is 0. The van der Waals surface area contributed by atoms with Crippen LogP contribution in [0.15, 0.2) is 54.6 Å². The Bertz CT molecular complexity index is 1060. The fourth-order valence-corrected chi connectivity index (χ4v) is 8.60. The van der Waals surface area contributed by atoms with E-state index in [4.69, 9.17) is 5.73 Å². The Kier molecular flexibility index (Phi) is 6.80. The minimum Gasteiger partial charge on any atom is -0.478 e. The van der Waals surface area contributed by atoms with Crippen molar-refractivity contribution in [2.75, 3.05) is 19.6 Å². The first-order chi connectivity index (χ1) is 17.2. The van der Waals surface area contributed by atoms with Gasteiger partial charge in [-0.1, -0.05) is 63.2 Å². The van der Waals surface area contributed by atoms with Crippen molar-refractivity contribution in [3.05, 3.63) is 71.3 Å². The van der Waals surface area contributed by atoms with Gasteiger partial charge < -0.3 is 10.8 Å². The number of fused-ring (bicyclic) bond motifs is 1. The first-order valence-corrected chi connectivity index (χ1v) is 14.0. The Balaban J connectivity index is 1.27. The molecule has 3 fully saturated rings. The number of hydrogen-bond acceptors (Lipinski definition) is 3. The van der Waals surface area contributed by atoms with Crippen LogP contribution in [-0.4, -0.2) is 41.7 Å². The highest BCUT2D eigenvalue weighted by Crippen LogP contribution is 2.60. The summed E-state index contributed by atoms with van der Waals surface area (Å²) in [5, 5.41) is 9.30. The lowest BCUT2D eigenvalue weighted by Gasteiger charge is -2.60. The van der Waals surface area contributed by atoms with Gasteiger partial charge in [-0.2, -0.15) is 0 Å². The van der Waals surface area contributed by atoms with Gasteiger partial charge in [0, 0.05) is 24.5 Å². The minimum absolute atomic E-state index is 0.149. The number of carboxylic acid groups (broad SMARTS) is 1. The minimum atomic E-state index is -0.848. The second-order valence-electron chi connectivity index (χ2n) is 12.9. The average molecular weight is 489 g/mol. The largest absolute Gasteiger partial charge is 0.478 e. The predicted molar refractivity (Wildman–Crippen MR) is 146 cm³/mol. The molecular formula is C32H44N2O2. The summed E-state index contributed by atoms with van der Waals surface area (Å²) in [6.45, 7) is 10.6. The maximum Gasteiger partial charge on any atom is 0.335 e. The average Bonchev–Trinajstić information content (AvgIpc) is 2.89. The zero-order valence-corrected chi connectivity index (χ0v) is 22.4. The monoisotopic (exact) mass is 488 g/mol. The van der Waals surface area contributed by atoms with Crippen molar-refractivity contribution in [3.8, 4) is 0 Å². The molecule has 2 saturated carbocycles. The molecule has 1 saturated heterocycles. The fourth-order valence-electron chi connectivity index (χ4n) is 8.60. The van der Waals surface area contributed by atoms with Crippen LogP contribution in [0.4, 0.5) is 0 Å². The van der Waals surface area contributed by atoms with Crippen LogP contribution in [0.5, 0.6) is 0 Å². The number of likely N-dealkylation sites (tertiary alicyclic amines) is 1. The van der Waals surface area contributed by atoms with Crippen molar-refractivity contribution >= 4 is 5.97 Å². The molecule has 2 aliphatic carbocycles. The molecule has 5 rings (SSSR count). The normalized spacial score (nSPS) is 34.6. The molecule has 4 heteroatoms. The van der Waals surface area contributed by atoms with Crippen molar-refractivity contribution in [2.24, 2.45) is 22.5 Å². The zero-order valence-electron chi connectivity index (χ0n) is 22.4. The molecule has 4 nitrogen and oxygen atoms in total. The summed E-state index contributed by atoms with van der Waals surface area (Å²) in [5.41, 5.74) is 10.2. The van der Waals surface area contributed by atoms with Crippen LogP contribution in [0.1, 0.15) is 93.1 Å². The molecular weight excluding hydrogens is 444 g/mol. The topological polar surface area (TPSA) is 66.6 Å². The molecule has 3 N–H and O–H groups in total. The Morgan fingerprint density at radius 3 is 2.22 bits per heavy atom. The molecule has 0 bridgehead atoms. The van der Waals surface area contributed by atoms with E-state index < -0.39 is 5.97 Å². The van der Waals surface area contributed by atoms with Crippen molar-refractivity contribution in [1.82, 2.24) is 4.90 Å². The molecule has 3 aliphatic rings. The molecule has 2 aromatic carbocycles. The van der Waals surface area contributed by atoms with Crippen LogP contribution in [0, 0.1) is 16.7 Å². The first kappa shape index (κ1) is 25.5. The number of aromatic carboxylic acids is 1. The number of hydrogen-bond donors (Lipinski definition) is 2. The number of rotatable bonds is 5. The molecule has 0 radical (unpaired) electrons. The lowest BCUT2D eigenvalue weighted by molar-refractivity contribution is -0.0888. The van der Waals surface area contributed by atoms with Crippen LogP contribution < -0.4 is 5.73 Å². The Morgan fingerprint density at radius 2 is 1.61 bits per heavy atom. The highest BCUT2D eigenvalue weighted by Gasteiger charge is 2.54. The maximum absolute atomic E-state index is 11.3. The Hall–Kier alpha value is -2.17. The van der Waals surface area contributed by atoms with Gasteiger partial charge >= 0.3 is 5.97 Å². The van der Waals surface area contributed by atoms with E-state index in [0.29, 0.717) is 28.9 Å². The zero-order chi connectivity index (χ0) is 25.6. The van der Waals surface area contributed by atoms with Crippen molar-refractivity contribution in [2.45, 2.75) is 83.1 Å². The van der Waals surface area contributed by atoms with Gasteiger partial charge in [-0.3, -0.25) is 4.90 Å². The van der Waals surface area contributed by atoms with Gasteiger partial charge in [-0.05, 0) is 97.4 Å². The second-order valence-corrected chi connectivity index (χ2v) is 12.9. The third kappa shape index (κ3) is 4.41. The maximum atomic E-state index is 11.3. The number of nitrogens with two attached hydrogens (primary N) is 1. The van der Waals surface area contributed by atoms with Crippen molar-refractivity contribution in [1.29, 1.82) is 0 Å². The van der Waals surface area contributed by atoms with Gasteiger partial charge in [-0.25, -0.2) is 4.79 Å². The quantitative estimate of drug-likeness (QED) is 0.507. The Morgan fingerprint density at radius 1 is 0.944 bits per heavy atom. The molecule has 1 aliphatic heterocycles. The molecule has 194 valence electrons. The summed E-state index contributed by atoms with van der Waals surface area (Å²) in [6.07, 6.45) is 8.54. The summed E-state index contributed by atoms with van der Waals surface area (Å²) in [6, 6.07) is 19.3. The van der Waals surface area contributed by atoms with E-state index in [1.165, 1.54) is 69.2 Å². The number of carbonyl (C=O) groups is 1. The van der Waals surface area contributed by atoms with E-state index >= 15 is 0 Å². The van der Waals surface area contributed by atoms with Gasteiger partial charge in [0.25, 0.3) is 0 Å². The number of piperidine rings is 1. The molecule has 0 amide bonds. The van der Waals surface area contributed by atoms with Crippen LogP contribution in [0.2, 0.25) is 0 Å². The first-order valence-electron chi connectivity index (χ1n) is 14.0. The van der Waals surface area contributed by atoms with E-state index in [-0.39, 0.29) is 10.8 Å². The molecule has 36 heavy (non-hydrogen) atoms. The lowest BCUT2D eigenvalue weighted by Crippen LogP contribution is -2.58. The lowest BCUT2D eigenvalue weighted by atomic mass is 9.49. The van der Waals surface area contributed by atoms with Gasteiger partial charge in [0.1, 0.15) is 0 Å². The summed E-state index contributed by atoms with van der Waals surface area (Å²) >= 11 is 0. The third-order valence-electron chi connectivity index (χ3n) is 10.7. The standard InChI is InChI=1S/C32H44N2O2/c1-30(2)27(23-9-11-24(12-10-23)29(35)36)15-17-31(3)22-34(20-16-28(30)31)26-13-18-32(21-33,19-14-26)25-7-5-4-6-8-25/h4-12,26-28H,13-22,33H2,1-3H3,(H,35,36)/t26?,27?,28-,31?,32?/m0/s1. The van der Waals surface area contributed by atoms with E-state index in [1.54, 1.807) is 12.1 Å². The predicted octanol–water partition coefficient (Wildman–Crippen LogP) is 6.46. The summed E-state index contributed by atoms with van der Waals surface area (Å²) in [5.74, 6) is 0.311. The van der Waals surface area contributed by atoms with Gasteiger partial charge in [0.05, 0.1) is 5.56 Å². The van der Waals surface area contributed by atoms with E-state index in [1.807, 2.05) is 0 Å². The van der Waals surface area contributed by atoms with Gasteiger partial charge in [0.2, 0.25) is 0 Å². The van der Waals surface area contributed by atoms with Crippen molar-refractivity contribution < 1.29 is 9.90 Å². The number of nitrogens with zero attached hydrogens (tertiary/aromatic N) is 1. The molecule has 0 spiro atoms. The van der Waals surface area contributed by atoms with E-state index in [2.05, 4.69) is 68.1 Å². The second kappa shape index (κ2) is 9.61. The van der Waals surface area contributed by atoms with E-state index in [9.17, 15) is 9.90 Å². The molecule has 3 atom stereocenters. The SMILES string of the molecule is CC12CCC(c3ccc(C(=O)O)cc3)C(C)(C)[C@@H]1CCN(C1CCC(CN)(c3ccccc3)CC1)C2. The Labute approximate surface area is 217 Å². The van der Waals surface area contributed by atoms with Gasteiger partial charge in [-0.15, -0.1) is 0 Å². The molecule has 2 unspecified atom stereocenters. The molecule has 0 aromatic heterocycles. The smallest absolute Gasteiger partial charge is 0.335 e. The van der Waals surface area contributed by atoms with Crippen LogP contribution in [0.3, 0.4) is 0 Å². The number of benzene rings is 2. The summed E-state index contributed by atoms with van der Waals surface area (Å²) in [7, 11) is 0. The molecule has 1 heterocycles. The number of carboxylic acids is 1. The van der Waals surface area contributed by atoms with E-state index in [0.717, 1.165) is 6.54 Å².